The minimum Gasteiger partial charge on any atom is -0.461 e. The third kappa shape index (κ3) is 31.8. The molecule has 0 aromatic rings. The number of carbonyl (C=O) groups is 4. The van der Waals surface area contributed by atoms with E-state index in [4.69, 9.17) is 10.5 Å². The van der Waals surface area contributed by atoms with Crippen LogP contribution in [-0.4, -0.2) is 42.3 Å². The van der Waals surface area contributed by atoms with E-state index in [9.17, 15) is 19.2 Å². The maximum atomic E-state index is 11.9. The first-order valence-corrected chi connectivity index (χ1v) is 15.7. The molecule has 1 atom stereocenters. The molecule has 0 rings (SSSR count). The van der Waals surface area contributed by atoms with E-state index in [-0.39, 0.29) is 36.5 Å². The SMILES string of the molecule is C=C(C)NCCCC(=O)NC(CCC(C)=O)C(=O)OC(C)C.CCCCCCCCCCCCCCCC(N)=O. The Hall–Kier alpha value is -2.38. The second-order valence-corrected chi connectivity index (χ2v) is 11.1. The Labute approximate surface area is 245 Å². The van der Waals surface area contributed by atoms with Crippen LogP contribution in [0.3, 0.4) is 0 Å². The second kappa shape index (κ2) is 28.2. The molecular weight excluding hydrogens is 506 g/mol. The van der Waals surface area contributed by atoms with Gasteiger partial charge in [-0.3, -0.25) is 9.59 Å². The van der Waals surface area contributed by atoms with Gasteiger partial charge in [0.05, 0.1) is 6.10 Å². The van der Waals surface area contributed by atoms with Crippen LogP contribution in [0.5, 0.6) is 0 Å². The third-order valence-corrected chi connectivity index (χ3v) is 6.29. The summed E-state index contributed by atoms with van der Waals surface area (Å²) in [6.07, 6.45) is 19.1. The molecule has 0 aliphatic heterocycles. The van der Waals surface area contributed by atoms with Crippen molar-refractivity contribution in [2.75, 3.05) is 6.54 Å². The molecule has 8 heteroatoms. The van der Waals surface area contributed by atoms with Gasteiger partial charge in [0.1, 0.15) is 11.8 Å². The highest BCUT2D eigenvalue weighted by atomic mass is 16.5. The van der Waals surface area contributed by atoms with Crippen molar-refractivity contribution in [3.8, 4) is 0 Å². The van der Waals surface area contributed by atoms with Crippen molar-refractivity contribution in [2.24, 2.45) is 5.73 Å². The summed E-state index contributed by atoms with van der Waals surface area (Å²) >= 11 is 0. The average molecular weight is 568 g/mol. The van der Waals surface area contributed by atoms with Crippen molar-refractivity contribution in [1.29, 1.82) is 0 Å². The van der Waals surface area contributed by atoms with Gasteiger partial charge in [0.2, 0.25) is 11.8 Å². The van der Waals surface area contributed by atoms with Crippen LogP contribution >= 0.6 is 0 Å². The molecule has 0 spiro atoms. The van der Waals surface area contributed by atoms with Crippen LogP contribution in [0.1, 0.15) is 150 Å². The summed E-state index contributed by atoms with van der Waals surface area (Å²) in [4.78, 5) is 45.4. The van der Waals surface area contributed by atoms with Crippen LogP contribution in [-0.2, 0) is 23.9 Å². The Bertz CT molecular complexity index is 694. The summed E-state index contributed by atoms with van der Waals surface area (Å²) in [6.45, 7) is 13.4. The summed E-state index contributed by atoms with van der Waals surface area (Å²) in [5.41, 5.74) is 5.94. The first-order chi connectivity index (χ1) is 19.0. The fraction of sp³-hybridized carbons (Fsp3) is 0.812. The first-order valence-electron chi connectivity index (χ1n) is 15.7. The number of carbonyl (C=O) groups excluding carboxylic acids is 4. The maximum Gasteiger partial charge on any atom is 0.328 e. The van der Waals surface area contributed by atoms with Gasteiger partial charge in [-0.25, -0.2) is 4.79 Å². The molecule has 0 aliphatic rings. The van der Waals surface area contributed by atoms with Crippen molar-refractivity contribution in [2.45, 2.75) is 162 Å². The van der Waals surface area contributed by atoms with E-state index >= 15 is 0 Å². The molecule has 1 unspecified atom stereocenters. The Morgan fingerprint density at radius 1 is 0.750 bits per heavy atom. The van der Waals surface area contributed by atoms with Crippen LogP contribution in [0, 0.1) is 0 Å². The van der Waals surface area contributed by atoms with Crippen LogP contribution in [0.25, 0.3) is 0 Å². The maximum absolute atomic E-state index is 11.9. The zero-order chi connectivity index (χ0) is 30.6. The van der Waals surface area contributed by atoms with Crippen LogP contribution < -0.4 is 16.4 Å². The highest BCUT2D eigenvalue weighted by Crippen LogP contribution is 2.12. The lowest BCUT2D eigenvalue weighted by atomic mass is 10.0. The molecule has 40 heavy (non-hydrogen) atoms. The predicted molar refractivity (Wildman–Crippen MR) is 165 cm³/mol. The van der Waals surface area contributed by atoms with Gasteiger partial charge in [-0.1, -0.05) is 90.6 Å². The predicted octanol–water partition coefficient (Wildman–Crippen LogP) is 6.65. The first kappa shape index (κ1) is 39.8. The van der Waals surface area contributed by atoms with Gasteiger partial charge in [0.15, 0.2) is 0 Å². The summed E-state index contributed by atoms with van der Waals surface area (Å²) in [7, 11) is 0. The van der Waals surface area contributed by atoms with E-state index < -0.39 is 12.0 Å². The molecule has 0 heterocycles. The number of Topliss-reactive ketones (excluding diaryl/α,β-unsaturated/α-hetero) is 1. The smallest absolute Gasteiger partial charge is 0.328 e. The Balaban J connectivity index is 0. The van der Waals surface area contributed by atoms with Crippen molar-refractivity contribution < 1.29 is 23.9 Å². The summed E-state index contributed by atoms with van der Waals surface area (Å²) in [6, 6.07) is -0.770. The zero-order valence-electron chi connectivity index (χ0n) is 26.4. The van der Waals surface area contributed by atoms with Gasteiger partial charge in [-0.15, -0.1) is 0 Å². The molecule has 234 valence electrons. The van der Waals surface area contributed by atoms with Crippen LogP contribution in [0.15, 0.2) is 12.3 Å². The number of nitrogens with two attached hydrogens (primary N) is 1. The standard InChI is InChI=1S/C16H28N2O4.C16H33NO/c1-11(2)17-10-6-7-15(20)18-14(9-8-13(5)19)16(21)22-12(3)4;1-2-3-4-5-6-7-8-9-10-11-12-13-14-15-16(17)18/h12,14,17H,1,6-10H2,2-5H3,(H,18,20);2-15H2,1H3,(H2,17,18). The highest BCUT2D eigenvalue weighted by molar-refractivity contribution is 5.85. The number of nitrogens with one attached hydrogen (secondary N) is 2. The molecule has 0 aliphatic carbocycles. The number of hydrogen-bond donors (Lipinski definition) is 3. The quantitative estimate of drug-likeness (QED) is 0.0837. The molecule has 0 saturated carbocycles. The fourth-order valence-corrected chi connectivity index (χ4v) is 4.05. The van der Waals surface area contributed by atoms with Crippen LogP contribution in [0.4, 0.5) is 0 Å². The van der Waals surface area contributed by atoms with Crippen molar-refractivity contribution >= 4 is 23.6 Å². The van der Waals surface area contributed by atoms with Crippen LogP contribution in [0.2, 0.25) is 0 Å². The number of hydrogen-bond acceptors (Lipinski definition) is 6. The lowest BCUT2D eigenvalue weighted by Crippen LogP contribution is -2.43. The van der Waals surface area contributed by atoms with E-state index in [2.05, 4.69) is 24.1 Å². The third-order valence-electron chi connectivity index (χ3n) is 6.29. The average Bonchev–Trinajstić information content (AvgIpc) is 2.86. The molecule has 0 bridgehead atoms. The minimum absolute atomic E-state index is 0.0257. The van der Waals surface area contributed by atoms with Gasteiger partial charge in [-0.05, 0) is 47.0 Å². The summed E-state index contributed by atoms with van der Waals surface area (Å²) in [5.74, 6) is -0.900. The molecule has 2 amide bonds. The van der Waals surface area contributed by atoms with Gasteiger partial charge in [-0.2, -0.15) is 0 Å². The van der Waals surface area contributed by atoms with Gasteiger partial charge in [0.25, 0.3) is 0 Å². The van der Waals surface area contributed by atoms with Crippen molar-refractivity contribution in [3.63, 3.8) is 0 Å². The Kier molecular flexibility index (Phi) is 28.0. The molecule has 0 radical (unpaired) electrons. The molecule has 0 aromatic carbocycles. The minimum atomic E-state index is -0.770. The van der Waals surface area contributed by atoms with E-state index in [1.807, 2.05) is 6.92 Å². The number of allylic oxidation sites excluding steroid dienone is 1. The topological polar surface area (TPSA) is 128 Å². The van der Waals surface area contributed by atoms with Gasteiger partial charge in [0, 0.05) is 31.5 Å². The fourth-order valence-electron chi connectivity index (χ4n) is 4.05. The van der Waals surface area contributed by atoms with E-state index in [0.717, 1.165) is 12.1 Å². The molecule has 4 N–H and O–H groups in total. The van der Waals surface area contributed by atoms with Crippen molar-refractivity contribution in [3.05, 3.63) is 12.3 Å². The Morgan fingerprint density at radius 3 is 1.68 bits per heavy atom. The number of esters is 1. The van der Waals surface area contributed by atoms with E-state index in [1.54, 1.807) is 13.8 Å². The van der Waals surface area contributed by atoms with Gasteiger partial charge < -0.3 is 25.9 Å². The monoisotopic (exact) mass is 567 g/mol. The molecule has 8 nitrogen and oxygen atoms in total. The number of unbranched alkanes of at least 4 members (excludes halogenated alkanes) is 12. The molecular formula is C32H61N3O5. The number of ketones is 1. The molecule has 0 aromatic heterocycles. The van der Waals surface area contributed by atoms with E-state index in [1.165, 1.54) is 84.0 Å². The number of rotatable bonds is 25. The molecule has 0 saturated heterocycles. The Morgan fingerprint density at radius 2 is 1.25 bits per heavy atom. The lowest BCUT2D eigenvalue weighted by Gasteiger charge is -2.19. The summed E-state index contributed by atoms with van der Waals surface area (Å²) in [5, 5.41) is 5.68. The van der Waals surface area contributed by atoms with Crippen molar-refractivity contribution in [1.82, 2.24) is 10.6 Å². The highest BCUT2D eigenvalue weighted by Gasteiger charge is 2.23. The van der Waals surface area contributed by atoms with Gasteiger partial charge >= 0.3 is 5.97 Å². The van der Waals surface area contributed by atoms with E-state index in [0.29, 0.717) is 25.8 Å². The molecule has 0 fully saturated rings. The largest absolute Gasteiger partial charge is 0.461 e. The second-order valence-electron chi connectivity index (χ2n) is 11.1. The lowest BCUT2D eigenvalue weighted by molar-refractivity contribution is -0.151. The number of amides is 2. The normalized spacial score (nSPS) is 11.2. The number of primary amides is 1. The zero-order valence-corrected chi connectivity index (χ0v) is 26.4. The summed E-state index contributed by atoms with van der Waals surface area (Å²) < 4.78 is 5.11. The number of ether oxygens (including phenoxy) is 1.